The molecule has 0 unspecified atom stereocenters. The van der Waals surface area contributed by atoms with Crippen molar-refractivity contribution in [2.75, 3.05) is 0 Å². The molecule has 0 spiro atoms. The molecule has 0 aliphatic heterocycles. The molecule has 12 heteroatoms. The van der Waals surface area contributed by atoms with Crippen LogP contribution in [-0.4, -0.2) is 34.9 Å². The maximum absolute atomic E-state index is 6.63. The Kier molecular flexibility index (Phi) is 17.1. The van der Waals surface area contributed by atoms with Crippen LogP contribution in [0.15, 0.2) is 388 Å². The number of thiophene rings is 1. The summed E-state index contributed by atoms with van der Waals surface area (Å²) >= 11 is 1.81. The summed E-state index contributed by atoms with van der Waals surface area (Å²) in [4.78, 5) is 35.7. The van der Waals surface area contributed by atoms with Gasteiger partial charge in [0.1, 0.15) is 44.7 Å². The van der Waals surface area contributed by atoms with Gasteiger partial charge >= 0.3 is 0 Å². The van der Waals surface area contributed by atoms with E-state index in [2.05, 4.69) is 313 Å². The lowest BCUT2D eigenvalue weighted by Gasteiger charge is -2.21. The van der Waals surface area contributed by atoms with Crippen LogP contribution in [0.4, 0.5) is 0 Å². The molecular formula is C120H79N7O4S. The molecule has 0 atom stereocenters. The van der Waals surface area contributed by atoms with E-state index in [9.17, 15) is 0 Å². The predicted molar refractivity (Wildman–Crippen MR) is 540 cm³/mol. The molecule has 9 heterocycles. The number of furan rings is 4. The number of pyridine rings is 1. The van der Waals surface area contributed by atoms with Crippen LogP contribution in [0.5, 0.6) is 0 Å². The Bertz CT molecular complexity index is 9150. The minimum atomic E-state index is -0.161. The fraction of sp³-hybridized carbons (Fsp3) is 0.0750. The van der Waals surface area contributed by atoms with Gasteiger partial charge in [0, 0.05) is 124 Å². The van der Waals surface area contributed by atoms with E-state index in [1.54, 1.807) is 0 Å². The first-order valence-electron chi connectivity index (χ1n) is 44.9. The van der Waals surface area contributed by atoms with Crippen molar-refractivity contribution in [1.82, 2.24) is 34.9 Å². The molecule has 11 nitrogen and oxygen atoms in total. The minimum absolute atomic E-state index is 0.0754. The molecule has 3 aliphatic carbocycles. The highest BCUT2D eigenvalue weighted by atomic mass is 32.1. The Morgan fingerprint density at radius 3 is 1.37 bits per heavy atom. The zero-order valence-corrected chi connectivity index (χ0v) is 73.7. The Balaban J connectivity index is 0.000000104. The molecule has 0 radical (unpaired) electrons. The zero-order valence-electron chi connectivity index (χ0n) is 72.9. The van der Waals surface area contributed by atoms with Crippen LogP contribution in [0.25, 0.3) is 243 Å². The molecule has 0 amide bonds. The highest BCUT2D eigenvalue weighted by Crippen LogP contribution is 2.58. The molecular weight excluding hydrogens is 1640 g/mol. The lowest BCUT2D eigenvalue weighted by Crippen LogP contribution is -2.14. The van der Waals surface area contributed by atoms with Crippen LogP contribution in [0.1, 0.15) is 74.9 Å². The van der Waals surface area contributed by atoms with Crippen molar-refractivity contribution in [3.63, 3.8) is 0 Å². The quantitative estimate of drug-likeness (QED) is 0.143. The fourth-order valence-electron chi connectivity index (χ4n) is 21.3. The molecule has 25 aromatic rings. The normalized spacial score (nSPS) is 13.6. The molecule has 0 N–H and O–H groups in total. The number of aromatic nitrogens is 7. The van der Waals surface area contributed by atoms with E-state index in [4.69, 9.17) is 47.6 Å². The number of rotatable bonds is 8. The summed E-state index contributed by atoms with van der Waals surface area (Å²) in [5, 5.41) is 12.5. The van der Waals surface area contributed by atoms with Crippen molar-refractivity contribution in [3.05, 3.63) is 404 Å². The summed E-state index contributed by atoms with van der Waals surface area (Å²) in [6.07, 6.45) is 1.82. The molecule has 0 bridgehead atoms. The van der Waals surface area contributed by atoms with Crippen molar-refractivity contribution in [3.8, 4) is 124 Å². The number of benzene rings is 16. The van der Waals surface area contributed by atoms with Crippen LogP contribution < -0.4 is 0 Å². The van der Waals surface area contributed by atoms with Crippen LogP contribution in [-0.2, 0) is 16.2 Å². The standard InChI is InChI=1S/C43H28N2O2.C42H27N3OS.C35H24N2O/c1-43(2)31-20-19-26(23-30(31)40-32(43)21-22-38-41(40)29-14-7-9-17-36(29)47-38)42-44-33(25-11-4-3-5-12-25)24-34(45-42)27-15-10-18-37-39(27)28-13-6-8-16-35(28)46-37;1-42(2)30-18-17-24(22-29(30)38-31(42)19-20-36-39(38)28-11-3-5-15-35(28)46-36)41-44-33(23-34(45-41)32-14-7-8-21-43-32)27-13-9-12-26-25-10-4-6-16-37(25)47-40(26)27;1-35(2)28-17-8-6-13-22(28)26-19-27-23-15-10-16-25(33(23)38-31(27)20-29(26)35)34-36-30-18-9-7-14-24(30)32(37-34)21-11-4-3-5-12-21/h3-24H,1-2H3;3-23H,1-2H3;3-20H,1-2H3. The van der Waals surface area contributed by atoms with Gasteiger partial charge in [0.05, 0.1) is 45.2 Å². The van der Waals surface area contributed by atoms with Crippen molar-refractivity contribution in [2.45, 2.75) is 57.8 Å². The van der Waals surface area contributed by atoms with Gasteiger partial charge in [-0.1, -0.05) is 302 Å². The largest absolute Gasteiger partial charge is 0.456 e. The SMILES string of the molecule is CC1(C)c2ccc(-c3nc(-c4ccccc4)cc(-c4cccc5oc6ccccc6c45)n3)cc2-c2c1ccc1oc3ccccc3c21.CC1(C)c2ccc(-c3nc(-c4ccccn4)cc(-c4cccc5c4sc4ccccc45)n3)cc2-c2c1ccc1oc3ccccc3c21.CC1(C)c2ccccc2-c2cc3c(cc21)oc1c(-c2nc(-c4ccccc4)c4ccccc4n2)cccc13. The molecule has 0 saturated carbocycles. The maximum Gasteiger partial charge on any atom is 0.164 e. The van der Waals surface area contributed by atoms with E-state index < -0.39 is 0 Å². The second-order valence-electron chi connectivity index (χ2n) is 36.4. The summed E-state index contributed by atoms with van der Waals surface area (Å²) in [6.45, 7) is 13.8. The minimum Gasteiger partial charge on any atom is -0.456 e. The average Bonchev–Trinajstić information content (AvgIpc) is 1.55. The topological polar surface area (TPSA) is 143 Å². The Labute approximate surface area is 762 Å². The third-order valence-corrected chi connectivity index (χ3v) is 29.0. The Morgan fingerprint density at radius 1 is 0.235 bits per heavy atom. The summed E-state index contributed by atoms with van der Waals surface area (Å²) in [5.74, 6) is 2.04. The summed E-state index contributed by atoms with van der Waals surface area (Å²) in [7, 11) is 0. The molecule has 624 valence electrons. The summed E-state index contributed by atoms with van der Waals surface area (Å²) in [5.41, 5.74) is 35.2. The van der Waals surface area contributed by atoms with E-state index in [0.717, 1.165) is 161 Å². The van der Waals surface area contributed by atoms with Crippen molar-refractivity contribution in [1.29, 1.82) is 0 Å². The van der Waals surface area contributed by atoms with E-state index in [0.29, 0.717) is 17.5 Å². The van der Waals surface area contributed by atoms with E-state index in [-0.39, 0.29) is 16.2 Å². The van der Waals surface area contributed by atoms with Gasteiger partial charge in [-0.25, -0.2) is 29.9 Å². The lowest BCUT2D eigenvalue weighted by atomic mass is 9.82. The van der Waals surface area contributed by atoms with Crippen molar-refractivity contribution in [2.24, 2.45) is 0 Å². The Morgan fingerprint density at radius 2 is 0.712 bits per heavy atom. The number of hydrogen-bond donors (Lipinski definition) is 0. The first kappa shape index (κ1) is 76.8. The molecule has 3 aliphatic rings. The third kappa shape index (κ3) is 11.9. The first-order valence-corrected chi connectivity index (χ1v) is 45.7. The van der Waals surface area contributed by atoms with Gasteiger partial charge in [-0.2, -0.15) is 0 Å². The van der Waals surface area contributed by atoms with Crippen LogP contribution in [0.2, 0.25) is 0 Å². The monoisotopic (exact) mass is 1710 g/mol. The Hall–Kier alpha value is -16.4. The first-order chi connectivity index (χ1) is 64.7. The highest BCUT2D eigenvalue weighted by Gasteiger charge is 2.41. The van der Waals surface area contributed by atoms with Gasteiger partial charge in [-0.3, -0.25) is 4.98 Å². The number of para-hydroxylation sites is 5. The van der Waals surface area contributed by atoms with Gasteiger partial charge in [0.2, 0.25) is 0 Å². The lowest BCUT2D eigenvalue weighted by molar-refractivity contribution is 0.647. The summed E-state index contributed by atoms with van der Waals surface area (Å²) < 4.78 is 28.0. The van der Waals surface area contributed by atoms with Crippen LogP contribution in [0, 0.1) is 0 Å². The molecule has 0 fully saturated rings. The second kappa shape index (κ2) is 29.3. The van der Waals surface area contributed by atoms with Gasteiger partial charge in [-0.15, -0.1) is 11.3 Å². The predicted octanol–water partition coefficient (Wildman–Crippen LogP) is 32.2. The van der Waals surface area contributed by atoms with E-state index >= 15 is 0 Å². The molecule has 16 aromatic carbocycles. The van der Waals surface area contributed by atoms with Crippen LogP contribution >= 0.6 is 11.3 Å². The molecule has 0 saturated heterocycles. The van der Waals surface area contributed by atoms with Gasteiger partial charge in [0.15, 0.2) is 17.5 Å². The van der Waals surface area contributed by atoms with Gasteiger partial charge in [0.25, 0.3) is 0 Å². The zero-order chi connectivity index (χ0) is 88.0. The number of fused-ring (bicyclic) bond motifs is 27. The second-order valence-corrected chi connectivity index (χ2v) is 37.4. The fourth-order valence-corrected chi connectivity index (χ4v) is 22.6. The smallest absolute Gasteiger partial charge is 0.164 e. The highest BCUT2D eigenvalue weighted by molar-refractivity contribution is 7.26. The molecule has 28 rings (SSSR count). The molecule has 9 aromatic heterocycles. The van der Waals surface area contributed by atoms with E-state index in [1.165, 1.54) is 97.7 Å². The van der Waals surface area contributed by atoms with Gasteiger partial charge in [-0.05, 0) is 170 Å². The van der Waals surface area contributed by atoms with Crippen molar-refractivity contribution >= 4 is 130 Å². The third-order valence-electron chi connectivity index (χ3n) is 27.8. The summed E-state index contributed by atoms with van der Waals surface area (Å²) in [6, 6.07) is 127. The van der Waals surface area contributed by atoms with E-state index in [1.807, 2.05) is 115 Å². The van der Waals surface area contributed by atoms with Gasteiger partial charge < -0.3 is 17.7 Å². The van der Waals surface area contributed by atoms with Crippen molar-refractivity contribution < 1.29 is 17.7 Å². The maximum atomic E-state index is 6.63. The average molecular weight is 1720 g/mol. The number of hydrogen-bond acceptors (Lipinski definition) is 12. The molecule has 132 heavy (non-hydrogen) atoms. The number of nitrogens with zero attached hydrogens (tertiary/aromatic N) is 7. The van der Waals surface area contributed by atoms with Crippen LogP contribution in [0.3, 0.4) is 0 Å².